The van der Waals surface area contributed by atoms with E-state index in [1.54, 1.807) is 18.2 Å². The lowest BCUT2D eigenvalue weighted by Gasteiger charge is -2.16. The summed E-state index contributed by atoms with van der Waals surface area (Å²) in [6.45, 7) is -2.56. The number of nitrogens with zero attached hydrogens (tertiary/aromatic N) is 3. The molecule has 0 atom stereocenters. The molecular formula is C22H24N6O5. The first-order chi connectivity index (χ1) is 17.2. The molecule has 172 valence electrons. The highest BCUT2D eigenvalue weighted by Gasteiger charge is 2.30. The maximum atomic E-state index is 12.7. The highest BCUT2D eigenvalue weighted by molar-refractivity contribution is 6.01. The molecule has 3 N–H and O–H groups in total. The number of ether oxygens (including phenoxy) is 2. The third kappa shape index (κ3) is 4.93. The maximum absolute atomic E-state index is 12.7. The number of rotatable bonds is 9. The monoisotopic (exact) mass is 455 g/mol. The normalized spacial score (nSPS) is 14.5. The number of para-hydroxylation sites is 1. The second-order valence-electron chi connectivity index (χ2n) is 7.29. The fraction of sp³-hybridized carbons (Fsp3) is 0.318. The molecule has 0 radical (unpaired) electrons. The predicted octanol–water partition coefficient (Wildman–Crippen LogP) is 2.74. The summed E-state index contributed by atoms with van der Waals surface area (Å²) in [5.74, 6) is -0.0189. The van der Waals surface area contributed by atoms with E-state index >= 15 is 0 Å². The van der Waals surface area contributed by atoms with Gasteiger partial charge in [-0.3, -0.25) is 9.59 Å². The number of hydrogen-bond acceptors (Lipinski definition) is 9. The van der Waals surface area contributed by atoms with E-state index < -0.39 is 12.9 Å². The average Bonchev–Trinajstić information content (AvgIpc) is 3.57. The molecule has 1 fully saturated rings. The number of amides is 2. The fourth-order valence-electron chi connectivity index (χ4n) is 3.17. The Bertz CT molecular complexity index is 1280. The standard InChI is InChI=1S/C22H24N6O5/c1-23-22(30)14-10-24-17(26-21(29)12-7-8-12)9-16(14)25-15-6-4-5-13(19(15)32-3)20-27-18(11-31-2)33-28-20/h4-6,9-10,12H,7-8,11H2,1-3H3,(H,23,30)(H2,24,25,26,29)/i1D3. The van der Waals surface area contributed by atoms with Crippen molar-refractivity contribution in [3.05, 3.63) is 41.9 Å². The fourth-order valence-corrected chi connectivity index (χ4v) is 3.17. The molecule has 0 unspecified atom stereocenters. The van der Waals surface area contributed by atoms with Crippen molar-refractivity contribution in [1.82, 2.24) is 20.4 Å². The number of aromatic nitrogens is 3. The summed E-state index contributed by atoms with van der Waals surface area (Å²) in [5, 5.41) is 11.7. The molecule has 0 bridgehead atoms. The van der Waals surface area contributed by atoms with Gasteiger partial charge in [0.05, 0.1) is 29.6 Å². The van der Waals surface area contributed by atoms with Crippen LogP contribution in [0.4, 0.5) is 17.2 Å². The van der Waals surface area contributed by atoms with E-state index in [2.05, 4.69) is 25.8 Å². The van der Waals surface area contributed by atoms with E-state index in [0.29, 0.717) is 17.0 Å². The lowest BCUT2D eigenvalue weighted by atomic mass is 10.1. The highest BCUT2D eigenvalue weighted by atomic mass is 16.5. The first-order valence-electron chi connectivity index (χ1n) is 11.6. The highest BCUT2D eigenvalue weighted by Crippen LogP contribution is 2.38. The van der Waals surface area contributed by atoms with E-state index in [-0.39, 0.29) is 47.2 Å². The summed E-state index contributed by atoms with van der Waals surface area (Å²) in [6.07, 6.45) is 2.81. The molecule has 2 aromatic heterocycles. The number of nitrogens with one attached hydrogen (secondary N) is 3. The summed E-state index contributed by atoms with van der Waals surface area (Å²) in [4.78, 5) is 33.3. The topological polar surface area (TPSA) is 140 Å². The van der Waals surface area contributed by atoms with E-state index in [1.807, 2.05) is 5.32 Å². The second kappa shape index (κ2) is 9.65. The molecule has 0 aliphatic heterocycles. The molecular weight excluding hydrogens is 428 g/mol. The summed E-state index contributed by atoms with van der Waals surface area (Å²) in [5.41, 5.74) is 1.06. The molecule has 2 heterocycles. The van der Waals surface area contributed by atoms with Gasteiger partial charge < -0.3 is 29.9 Å². The van der Waals surface area contributed by atoms with Crippen LogP contribution in [-0.4, -0.2) is 48.1 Å². The summed E-state index contributed by atoms with van der Waals surface area (Å²) >= 11 is 0. The SMILES string of the molecule is [2H]C([2H])([2H])NC(=O)c1cnc(NC(=O)C2CC2)cc1Nc1cccc(-c2noc(COC)n2)c1OC. The Morgan fingerprint density at radius 2 is 2.12 bits per heavy atom. The van der Waals surface area contributed by atoms with Gasteiger partial charge in [-0.05, 0) is 25.0 Å². The lowest BCUT2D eigenvalue weighted by Crippen LogP contribution is -2.20. The largest absolute Gasteiger partial charge is 0.494 e. The van der Waals surface area contributed by atoms with E-state index in [1.165, 1.54) is 26.5 Å². The third-order valence-electron chi connectivity index (χ3n) is 4.93. The van der Waals surface area contributed by atoms with Crippen molar-refractivity contribution < 1.29 is 27.7 Å². The van der Waals surface area contributed by atoms with Crippen molar-refractivity contribution in [2.24, 2.45) is 5.92 Å². The minimum Gasteiger partial charge on any atom is -0.494 e. The van der Waals surface area contributed by atoms with Crippen molar-refractivity contribution in [2.75, 3.05) is 31.8 Å². The van der Waals surface area contributed by atoms with Gasteiger partial charge in [-0.2, -0.15) is 4.98 Å². The second-order valence-corrected chi connectivity index (χ2v) is 7.29. The summed E-state index contributed by atoms with van der Waals surface area (Å²) < 4.78 is 37.9. The number of carbonyl (C=O) groups is 2. The quantitative estimate of drug-likeness (QED) is 0.444. The molecule has 1 saturated carbocycles. The Labute approximate surface area is 194 Å². The van der Waals surface area contributed by atoms with Gasteiger partial charge in [-0.15, -0.1) is 0 Å². The number of benzene rings is 1. The zero-order valence-corrected chi connectivity index (χ0v) is 18.0. The van der Waals surface area contributed by atoms with Crippen LogP contribution in [0, 0.1) is 5.92 Å². The van der Waals surface area contributed by atoms with Crippen molar-refractivity contribution in [3.63, 3.8) is 0 Å². The molecule has 1 aromatic carbocycles. The van der Waals surface area contributed by atoms with E-state index in [9.17, 15) is 9.59 Å². The van der Waals surface area contributed by atoms with Crippen LogP contribution in [-0.2, 0) is 16.1 Å². The van der Waals surface area contributed by atoms with Crippen LogP contribution in [0.15, 0.2) is 35.0 Å². The van der Waals surface area contributed by atoms with Crippen molar-refractivity contribution in [3.8, 4) is 17.1 Å². The molecule has 1 aliphatic rings. The van der Waals surface area contributed by atoms with Gasteiger partial charge in [0.2, 0.25) is 11.7 Å². The smallest absolute Gasteiger partial charge is 0.254 e. The van der Waals surface area contributed by atoms with Gasteiger partial charge in [0.15, 0.2) is 5.75 Å². The predicted molar refractivity (Wildman–Crippen MR) is 119 cm³/mol. The molecule has 0 spiro atoms. The first kappa shape index (κ1) is 18.6. The van der Waals surface area contributed by atoms with E-state index in [4.69, 9.17) is 18.1 Å². The van der Waals surface area contributed by atoms with Crippen LogP contribution in [0.3, 0.4) is 0 Å². The first-order valence-corrected chi connectivity index (χ1v) is 10.1. The zero-order chi connectivity index (χ0) is 25.9. The van der Waals surface area contributed by atoms with Crippen LogP contribution in [0.5, 0.6) is 5.75 Å². The molecule has 33 heavy (non-hydrogen) atoms. The molecule has 3 aromatic rings. The Hall–Kier alpha value is -3.99. The number of methoxy groups -OCH3 is 2. The van der Waals surface area contributed by atoms with Gasteiger partial charge in [-0.1, -0.05) is 11.2 Å². The zero-order valence-electron chi connectivity index (χ0n) is 21.0. The van der Waals surface area contributed by atoms with Gasteiger partial charge in [-0.25, -0.2) is 4.98 Å². The number of hydrogen-bond donors (Lipinski definition) is 3. The molecule has 0 saturated heterocycles. The van der Waals surface area contributed by atoms with Crippen LogP contribution in [0.1, 0.15) is 33.2 Å². The van der Waals surface area contributed by atoms with Crippen molar-refractivity contribution in [2.45, 2.75) is 19.4 Å². The molecule has 11 nitrogen and oxygen atoms in total. The van der Waals surface area contributed by atoms with Crippen molar-refractivity contribution >= 4 is 29.0 Å². The maximum Gasteiger partial charge on any atom is 0.254 e. The van der Waals surface area contributed by atoms with Gasteiger partial charge in [0.1, 0.15) is 12.4 Å². The van der Waals surface area contributed by atoms with Crippen LogP contribution < -0.4 is 20.7 Å². The van der Waals surface area contributed by atoms with Crippen molar-refractivity contribution in [1.29, 1.82) is 0 Å². The molecule has 2 amide bonds. The Balaban J connectivity index is 1.70. The van der Waals surface area contributed by atoms with E-state index in [0.717, 1.165) is 12.8 Å². The van der Waals surface area contributed by atoms with Gasteiger partial charge in [0, 0.05) is 36.4 Å². The third-order valence-corrected chi connectivity index (χ3v) is 4.93. The Morgan fingerprint density at radius 1 is 1.27 bits per heavy atom. The minimum atomic E-state index is -2.71. The molecule has 1 aliphatic carbocycles. The number of carbonyl (C=O) groups excluding carboxylic acids is 2. The van der Waals surface area contributed by atoms with Crippen LogP contribution in [0.2, 0.25) is 0 Å². The summed E-state index contributed by atoms with van der Waals surface area (Å²) in [6, 6.07) is 6.58. The van der Waals surface area contributed by atoms with Gasteiger partial charge >= 0.3 is 0 Å². The Kier molecular flexibility index (Phi) is 5.43. The van der Waals surface area contributed by atoms with Gasteiger partial charge in [0.25, 0.3) is 11.8 Å². The average molecular weight is 455 g/mol. The Morgan fingerprint density at radius 3 is 2.85 bits per heavy atom. The van der Waals surface area contributed by atoms with Crippen LogP contribution >= 0.6 is 0 Å². The summed E-state index contributed by atoms with van der Waals surface area (Å²) in [7, 11) is 2.96. The number of anilines is 3. The minimum absolute atomic E-state index is 0.0510. The molecule has 4 rings (SSSR count). The molecule has 11 heteroatoms. The number of pyridine rings is 1. The van der Waals surface area contributed by atoms with Crippen LogP contribution in [0.25, 0.3) is 11.4 Å². The lowest BCUT2D eigenvalue weighted by molar-refractivity contribution is -0.117.